The summed E-state index contributed by atoms with van der Waals surface area (Å²) in [4.78, 5) is 30.1. The number of anilines is 1. The van der Waals surface area contributed by atoms with Crippen LogP contribution in [0.15, 0.2) is 81.7 Å². The fourth-order valence-electron chi connectivity index (χ4n) is 3.31. The fourth-order valence-corrected chi connectivity index (χ4v) is 3.78. The number of nitrogens with one attached hydrogen (secondary N) is 2. The first-order valence-corrected chi connectivity index (χ1v) is 11.0. The van der Waals surface area contributed by atoms with Gasteiger partial charge in [0.25, 0.3) is 5.91 Å². The molecular formula is C25H22BrN3O3. The van der Waals surface area contributed by atoms with Gasteiger partial charge in [0, 0.05) is 15.7 Å². The molecule has 0 aliphatic rings. The van der Waals surface area contributed by atoms with Crippen LogP contribution < -0.4 is 10.6 Å². The Labute approximate surface area is 194 Å². The Kier molecular flexibility index (Phi) is 6.37. The summed E-state index contributed by atoms with van der Waals surface area (Å²) in [7, 11) is 0. The van der Waals surface area contributed by atoms with Crippen LogP contribution in [0.25, 0.3) is 22.6 Å². The molecule has 2 N–H and O–H groups in total. The fraction of sp³-hybridized carbons (Fsp3) is 0.160. The molecular weight excluding hydrogens is 470 g/mol. The minimum atomic E-state index is -0.689. The Bertz CT molecular complexity index is 1230. The molecule has 0 unspecified atom stereocenters. The Hall–Kier alpha value is -3.45. The molecule has 162 valence electrons. The molecule has 0 radical (unpaired) electrons. The molecule has 1 heterocycles. The van der Waals surface area contributed by atoms with Crippen molar-refractivity contribution >= 4 is 44.5 Å². The average Bonchev–Trinajstić information content (AvgIpc) is 3.22. The van der Waals surface area contributed by atoms with Gasteiger partial charge < -0.3 is 15.1 Å². The van der Waals surface area contributed by atoms with Crippen molar-refractivity contribution in [3.63, 3.8) is 0 Å². The summed E-state index contributed by atoms with van der Waals surface area (Å²) in [6.45, 7) is 3.78. The average molecular weight is 492 g/mol. The highest BCUT2D eigenvalue weighted by molar-refractivity contribution is 9.10. The molecule has 0 bridgehead atoms. The summed E-state index contributed by atoms with van der Waals surface area (Å²) in [5.41, 5.74) is 3.42. The van der Waals surface area contributed by atoms with Crippen molar-refractivity contribution in [2.24, 2.45) is 5.92 Å². The maximum absolute atomic E-state index is 12.9. The largest absolute Gasteiger partial charge is 0.436 e. The van der Waals surface area contributed by atoms with E-state index in [4.69, 9.17) is 4.42 Å². The second kappa shape index (κ2) is 9.36. The number of hydrogen-bond acceptors (Lipinski definition) is 4. The maximum atomic E-state index is 12.9. The van der Waals surface area contributed by atoms with Crippen molar-refractivity contribution in [3.05, 3.63) is 82.8 Å². The molecule has 3 aromatic carbocycles. The van der Waals surface area contributed by atoms with E-state index in [0.29, 0.717) is 21.6 Å². The number of aromatic nitrogens is 1. The first-order chi connectivity index (χ1) is 15.4. The van der Waals surface area contributed by atoms with Crippen LogP contribution in [0.2, 0.25) is 0 Å². The first kappa shape index (κ1) is 21.8. The Morgan fingerprint density at radius 3 is 2.31 bits per heavy atom. The van der Waals surface area contributed by atoms with Gasteiger partial charge in [-0.05, 0) is 70.4 Å². The van der Waals surface area contributed by atoms with Gasteiger partial charge in [-0.3, -0.25) is 9.59 Å². The van der Waals surface area contributed by atoms with Crippen LogP contribution in [0.5, 0.6) is 0 Å². The highest BCUT2D eigenvalue weighted by Crippen LogP contribution is 2.25. The molecule has 0 fully saturated rings. The number of halogens is 1. The molecule has 0 saturated carbocycles. The third kappa shape index (κ3) is 4.73. The molecule has 0 aliphatic heterocycles. The molecule has 0 saturated heterocycles. The Balaban J connectivity index is 1.46. The van der Waals surface area contributed by atoms with Crippen molar-refractivity contribution in [2.45, 2.75) is 19.9 Å². The van der Waals surface area contributed by atoms with Gasteiger partial charge in [-0.25, -0.2) is 4.98 Å². The summed E-state index contributed by atoms with van der Waals surface area (Å²) in [5, 5.41) is 5.72. The van der Waals surface area contributed by atoms with Gasteiger partial charge >= 0.3 is 0 Å². The highest BCUT2D eigenvalue weighted by Gasteiger charge is 2.25. The normalized spacial score (nSPS) is 12.0. The third-order valence-electron chi connectivity index (χ3n) is 5.05. The number of fused-ring (bicyclic) bond motifs is 1. The summed E-state index contributed by atoms with van der Waals surface area (Å²) >= 11 is 3.38. The number of benzene rings is 3. The van der Waals surface area contributed by atoms with E-state index in [1.165, 1.54) is 0 Å². The van der Waals surface area contributed by atoms with Gasteiger partial charge in [-0.15, -0.1) is 0 Å². The van der Waals surface area contributed by atoms with E-state index in [0.717, 1.165) is 16.7 Å². The van der Waals surface area contributed by atoms with Crippen molar-refractivity contribution in [1.29, 1.82) is 0 Å². The molecule has 1 aromatic heterocycles. The highest BCUT2D eigenvalue weighted by atomic mass is 79.9. The Morgan fingerprint density at radius 2 is 1.62 bits per heavy atom. The van der Waals surface area contributed by atoms with Crippen LogP contribution in [-0.2, 0) is 4.79 Å². The van der Waals surface area contributed by atoms with Gasteiger partial charge in [-0.2, -0.15) is 0 Å². The Morgan fingerprint density at radius 1 is 0.938 bits per heavy atom. The zero-order chi connectivity index (χ0) is 22.7. The zero-order valence-electron chi connectivity index (χ0n) is 17.6. The van der Waals surface area contributed by atoms with Crippen molar-refractivity contribution in [1.82, 2.24) is 10.3 Å². The predicted octanol–water partition coefficient (Wildman–Crippen LogP) is 5.65. The van der Waals surface area contributed by atoms with Gasteiger partial charge in [0.15, 0.2) is 5.58 Å². The second-order valence-corrected chi connectivity index (χ2v) is 8.58. The summed E-state index contributed by atoms with van der Waals surface area (Å²) in [6.07, 6.45) is 0. The van der Waals surface area contributed by atoms with E-state index in [1.54, 1.807) is 30.3 Å². The van der Waals surface area contributed by atoms with E-state index >= 15 is 0 Å². The topological polar surface area (TPSA) is 84.2 Å². The zero-order valence-corrected chi connectivity index (χ0v) is 19.2. The molecule has 7 heteroatoms. The summed E-state index contributed by atoms with van der Waals surface area (Å²) < 4.78 is 6.47. The number of hydrogen-bond donors (Lipinski definition) is 2. The van der Waals surface area contributed by atoms with Crippen molar-refractivity contribution in [2.75, 3.05) is 5.32 Å². The number of nitrogens with zero attached hydrogens (tertiary/aromatic N) is 1. The summed E-state index contributed by atoms with van der Waals surface area (Å²) in [5.74, 6) is -0.169. The van der Waals surface area contributed by atoms with Gasteiger partial charge in [-0.1, -0.05) is 38.1 Å². The maximum Gasteiger partial charge on any atom is 0.253 e. The monoisotopic (exact) mass is 491 g/mol. The number of oxazole rings is 1. The van der Waals surface area contributed by atoms with Crippen LogP contribution in [0.3, 0.4) is 0 Å². The smallest absolute Gasteiger partial charge is 0.253 e. The van der Waals surface area contributed by atoms with Gasteiger partial charge in [0.2, 0.25) is 11.8 Å². The second-order valence-electron chi connectivity index (χ2n) is 7.73. The number of rotatable bonds is 6. The minimum absolute atomic E-state index is 0.0968. The van der Waals surface area contributed by atoms with Crippen LogP contribution in [0, 0.1) is 5.92 Å². The standard InChI is InChI=1S/C25H22BrN3O3/c1-15(2)22(29-23(30)18-7-3-4-8-19(18)26)24(31)27-17-13-11-16(12-14-17)25-28-20-9-5-6-10-21(20)32-25/h3-15,22H,1-2H3,(H,27,31)(H,29,30)/t22-/m0/s1. The van der Waals surface area contributed by atoms with Gasteiger partial charge in [0.05, 0.1) is 5.56 Å². The van der Waals surface area contributed by atoms with Crippen molar-refractivity contribution < 1.29 is 14.0 Å². The quantitative estimate of drug-likeness (QED) is 0.364. The number of carbonyl (C=O) groups excluding carboxylic acids is 2. The lowest BCUT2D eigenvalue weighted by Gasteiger charge is -2.22. The first-order valence-electron chi connectivity index (χ1n) is 10.2. The van der Waals surface area contributed by atoms with Crippen molar-refractivity contribution in [3.8, 4) is 11.5 Å². The molecule has 4 rings (SSSR count). The number of carbonyl (C=O) groups is 2. The molecule has 6 nitrogen and oxygen atoms in total. The van der Waals surface area contributed by atoms with Crippen LogP contribution in [0.1, 0.15) is 24.2 Å². The van der Waals surface area contributed by atoms with E-state index < -0.39 is 6.04 Å². The van der Waals surface area contributed by atoms with E-state index in [-0.39, 0.29) is 17.7 Å². The lowest BCUT2D eigenvalue weighted by molar-refractivity contribution is -0.118. The molecule has 0 spiro atoms. The molecule has 2 amide bonds. The van der Waals surface area contributed by atoms with Gasteiger partial charge in [0.1, 0.15) is 11.6 Å². The SMILES string of the molecule is CC(C)[C@H](NC(=O)c1ccccc1Br)C(=O)Nc1ccc(-c2nc3ccccc3o2)cc1. The minimum Gasteiger partial charge on any atom is -0.436 e. The molecule has 1 atom stereocenters. The predicted molar refractivity (Wildman–Crippen MR) is 128 cm³/mol. The molecule has 0 aliphatic carbocycles. The van der Waals surface area contributed by atoms with Crippen LogP contribution >= 0.6 is 15.9 Å². The lowest BCUT2D eigenvalue weighted by atomic mass is 10.0. The molecule has 4 aromatic rings. The van der Waals surface area contributed by atoms with E-state index in [9.17, 15) is 9.59 Å². The summed E-state index contributed by atoms with van der Waals surface area (Å²) in [6, 6.07) is 21.2. The van der Waals surface area contributed by atoms with Crippen LogP contribution in [-0.4, -0.2) is 22.8 Å². The number of amides is 2. The number of para-hydroxylation sites is 2. The molecule has 32 heavy (non-hydrogen) atoms. The van der Waals surface area contributed by atoms with Crippen LogP contribution in [0.4, 0.5) is 5.69 Å². The van der Waals surface area contributed by atoms with E-state index in [1.807, 2.05) is 56.3 Å². The lowest BCUT2D eigenvalue weighted by Crippen LogP contribution is -2.47. The third-order valence-corrected chi connectivity index (χ3v) is 5.74. The van der Waals surface area contributed by atoms with E-state index in [2.05, 4.69) is 31.5 Å².